The second-order valence-corrected chi connectivity index (χ2v) is 6.35. The summed E-state index contributed by atoms with van der Waals surface area (Å²) in [4.78, 5) is 0.605. The van der Waals surface area contributed by atoms with E-state index in [-0.39, 0.29) is 6.10 Å². The molecule has 2 heteroatoms. The van der Waals surface area contributed by atoms with E-state index in [4.69, 9.17) is 4.74 Å². The van der Waals surface area contributed by atoms with Gasteiger partial charge in [-0.25, -0.2) is 0 Å². The zero-order chi connectivity index (χ0) is 12.5. The fourth-order valence-electron chi connectivity index (χ4n) is 2.48. The van der Waals surface area contributed by atoms with Crippen molar-refractivity contribution in [3.8, 4) is 0 Å². The molecular formula is C15H21BrO. The van der Waals surface area contributed by atoms with Crippen molar-refractivity contribution in [3.63, 3.8) is 0 Å². The molecule has 0 bridgehead atoms. The van der Waals surface area contributed by atoms with Crippen LogP contribution >= 0.6 is 15.9 Å². The minimum absolute atomic E-state index is 0.187. The van der Waals surface area contributed by atoms with Crippen LogP contribution in [-0.4, -0.2) is 10.9 Å². The largest absolute Gasteiger partial charge is 0.370 e. The minimum Gasteiger partial charge on any atom is -0.370 e. The number of ether oxygens (including phenoxy) is 1. The van der Waals surface area contributed by atoms with Gasteiger partial charge in [0.05, 0.1) is 12.2 Å². The first-order valence-electron chi connectivity index (χ1n) is 6.42. The van der Waals surface area contributed by atoms with Gasteiger partial charge in [0.2, 0.25) is 0 Å². The topological polar surface area (TPSA) is 9.23 Å². The molecule has 0 spiro atoms. The average Bonchev–Trinajstić information content (AvgIpc) is 2.38. The summed E-state index contributed by atoms with van der Waals surface area (Å²) in [5, 5.41) is 0. The Kier molecular flexibility index (Phi) is 3.94. The zero-order valence-corrected chi connectivity index (χ0v) is 12.4. The lowest BCUT2D eigenvalue weighted by Crippen LogP contribution is -2.53. The summed E-state index contributed by atoms with van der Waals surface area (Å²) in [5.41, 5.74) is 1.56. The van der Waals surface area contributed by atoms with Gasteiger partial charge < -0.3 is 4.74 Å². The minimum atomic E-state index is 0.187. The second-order valence-electron chi connectivity index (χ2n) is 5.24. The summed E-state index contributed by atoms with van der Waals surface area (Å²) < 4.78 is 6.22. The van der Waals surface area contributed by atoms with Gasteiger partial charge >= 0.3 is 0 Å². The lowest BCUT2D eigenvalue weighted by atomic mass is 9.65. The molecule has 1 aliphatic carbocycles. The van der Waals surface area contributed by atoms with Crippen molar-refractivity contribution >= 4 is 15.9 Å². The number of hydrogen-bond donors (Lipinski definition) is 0. The van der Waals surface area contributed by atoms with Crippen LogP contribution in [0.3, 0.4) is 0 Å². The maximum Gasteiger partial charge on any atom is 0.0800 e. The molecule has 0 amide bonds. The molecule has 0 radical (unpaired) electrons. The highest BCUT2D eigenvalue weighted by Crippen LogP contribution is 2.51. The Morgan fingerprint density at radius 1 is 1.41 bits per heavy atom. The standard InChI is InChI=1S/C15H21BrO/c1-4-15(3)13(16)10-14(15)17-11(2)12-8-6-5-7-9-12/h5-9,11,13-14H,4,10H2,1-3H3. The predicted molar refractivity (Wildman–Crippen MR) is 75.5 cm³/mol. The third-order valence-electron chi connectivity index (χ3n) is 4.27. The summed E-state index contributed by atoms with van der Waals surface area (Å²) in [6, 6.07) is 10.5. The molecular weight excluding hydrogens is 276 g/mol. The second kappa shape index (κ2) is 5.11. The van der Waals surface area contributed by atoms with E-state index < -0.39 is 0 Å². The fourth-order valence-corrected chi connectivity index (χ4v) is 3.43. The molecule has 1 aromatic carbocycles. The van der Waals surface area contributed by atoms with Crippen LogP contribution in [0.15, 0.2) is 30.3 Å². The van der Waals surface area contributed by atoms with Crippen LogP contribution in [0.2, 0.25) is 0 Å². The highest BCUT2D eigenvalue weighted by Gasteiger charge is 2.50. The Balaban J connectivity index is 1.99. The van der Waals surface area contributed by atoms with Crippen LogP contribution < -0.4 is 0 Å². The maximum atomic E-state index is 6.22. The highest BCUT2D eigenvalue weighted by molar-refractivity contribution is 9.09. The van der Waals surface area contributed by atoms with Crippen LogP contribution in [0.4, 0.5) is 0 Å². The summed E-state index contributed by atoms with van der Waals surface area (Å²) in [6.45, 7) is 6.71. The normalized spacial score (nSPS) is 34.1. The van der Waals surface area contributed by atoms with E-state index >= 15 is 0 Å². The molecule has 1 nitrogen and oxygen atoms in total. The Labute approximate surface area is 113 Å². The smallest absolute Gasteiger partial charge is 0.0800 e. The molecule has 0 saturated heterocycles. The molecule has 17 heavy (non-hydrogen) atoms. The van der Waals surface area contributed by atoms with Crippen LogP contribution in [0, 0.1) is 5.41 Å². The van der Waals surface area contributed by atoms with Gasteiger partial charge in [0.1, 0.15) is 0 Å². The first-order valence-corrected chi connectivity index (χ1v) is 7.34. The van der Waals surface area contributed by atoms with Crippen molar-refractivity contribution in [2.24, 2.45) is 5.41 Å². The lowest BCUT2D eigenvalue weighted by molar-refractivity contribution is -0.127. The number of alkyl halides is 1. The molecule has 2 rings (SSSR count). The van der Waals surface area contributed by atoms with Gasteiger partial charge in [-0.3, -0.25) is 0 Å². The van der Waals surface area contributed by atoms with Gasteiger partial charge in [-0.05, 0) is 25.3 Å². The Bertz CT molecular complexity index is 364. The van der Waals surface area contributed by atoms with Crippen molar-refractivity contribution in [1.29, 1.82) is 0 Å². The van der Waals surface area contributed by atoms with Gasteiger partial charge in [0.15, 0.2) is 0 Å². The summed E-state index contributed by atoms with van der Waals surface area (Å²) in [6.07, 6.45) is 2.86. The van der Waals surface area contributed by atoms with Crippen LogP contribution in [-0.2, 0) is 4.74 Å². The summed E-state index contributed by atoms with van der Waals surface area (Å²) in [7, 11) is 0. The SMILES string of the molecule is CCC1(C)C(Br)CC1OC(C)c1ccccc1. The number of benzene rings is 1. The quantitative estimate of drug-likeness (QED) is 0.731. The molecule has 0 aliphatic heterocycles. The van der Waals surface area contributed by atoms with E-state index in [9.17, 15) is 0 Å². The first-order chi connectivity index (χ1) is 8.08. The summed E-state index contributed by atoms with van der Waals surface area (Å²) in [5.74, 6) is 0. The molecule has 94 valence electrons. The van der Waals surface area contributed by atoms with Crippen molar-refractivity contribution in [3.05, 3.63) is 35.9 Å². The third kappa shape index (κ3) is 2.43. The van der Waals surface area contributed by atoms with Crippen molar-refractivity contribution in [2.45, 2.75) is 50.6 Å². The van der Waals surface area contributed by atoms with Crippen molar-refractivity contribution in [2.75, 3.05) is 0 Å². The monoisotopic (exact) mass is 296 g/mol. The van der Waals surface area contributed by atoms with Gasteiger partial charge in [0, 0.05) is 10.2 Å². The molecule has 0 heterocycles. The van der Waals surface area contributed by atoms with Crippen molar-refractivity contribution < 1.29 is 4.74 Å². The van der Waals surface area contributed by atoms with E-state index in [2.05, 4.69) is 61.0 Å². The van der Waals surface area contributed by atoms with E-state index in [0.717, 1.165) is 12.8 Å². The molecule has 1 aromatic rings. The Hall–Kier alpha value is -0.340. The molecule has 4 atom stereocenters. The van der Waals surface area contributed by atoms with Crippen molar-refractivity contribution in [1.82, 2.24) is 0 Å². The summed E-state index contributed by atoms with van der Waals surface area (Å²) >= 11 is 3.75. The number of halogens is 1. The number of rotatable bonds is 4. The Morgan fingerprint density at radius 2 is 2.06 bits per heavy atom. The van der Waals surface area contributed by atoms with Crippen LogP contribution in [0.25, 0.3) is 0 Å². The average molecular weight is 297 g/mol. The zero-order valence-electron chi connectivity index (χ0n) is 10.8. The van der Waals surface area contributed by atoms with Gasteiger partial charge in [-0.1, -0.05) is 60.1 Å². The molecule has 0 aromatic heterocycles. The van der Waals surface area contributed by atoms with Crippen LogP contribution in [0.5, 0.6) is 0 Å². The molecule has 1 saturated carbocycles. The van der Waals surface area contributed by atoms with Gasteiger partial charge in [-0.2, -0.15) is 0 Å². The third-order valence-corrected chi connectivity index (χ3v) is 5.69. The van der Waals surface area contributed by atoms with Gasteiger partial charge in [-0.15, -0.1) is 0 Å². The van der Waals surface area contributed by atoms with E-state index in [1.807, 2.05) is 6.07 Å². The van der Waals surface area contributed by atoms with E-state index in [1.165, 1.54) is 5.56 Å². The van der Waals surface area contributed by atoms with E-state index in [1.54, 1.807) is 0 Å². The maximum absolute atomic E-state index is 6.22. The highest BCUT2D eigenvalue weighted by atomic mass is 79.9. The van der Waals surface area contributed by atoms with E-state index in [0.29, 0.717) is 16.3 Å². The number of hydrogen-bond acceptors (Lipinski definition) is 1. The first kappa shape index (κ1) is 13.1. The fraction of sp³-hybridized carbons (Fsp3) is 0.600. The predicted octanol–water partition coefficient (Wildman–Crippen LogP) is 4.72. The molecule has 4 unspecified atom stereocenters. The molecule has 1 aliphatic rings. The Morgan fingerprint density at radius 3 is 2.59 bits per heavy atom. The molecule has 1 fully saturated rings. The van der Waals surface area contributed by atoms with Crippen LogP contribution in [0.1, 0.15) is 45.3 Å². The molecule has 0 N–H and O–H groups in total. The lowest BCUT2D eigenvalue weighted by Gasteiger charge is -2.51. The van der Waals surface area contributed by atoms with Gasteiger partial charge in [0.25, 0.3) is 0 Å².